The fraction of sp³-hybridized carbons (Fsp3) is 0.200. The molecule has 0 radical (unpaired) electrons. The third kappa shape index (κ3) is 3.67. The number of ether oxygens (including phenoxy) is 1. The molecule has 20 heavy (non-hydrogen) atoms. The van der Waals surface area contributed by atoms with Crippen LogP contribution in [-0.2, 0) is 6.61 Å². The minimum absolute atomic E-state index is 0.250. The molecule has 0 amide bonds. The first-order valence-corrected chi connectivity index (χ1v) is 7.57. The molecule has 0 aliphatic carbocycles. The SMILES string of the molecule is C[C@H](O)c1cc(Br)ccc1OCc1c(Cl)cccc1Cl. The lowest BCUT2D eigenvalue weighted by atomic mass is 10.1. The molecule has 2 nitrogen and oxygen atoms in total. The van der Waals surface area contributed by atoms with Crippen molar-refractivity contribution in [1.82, 2.24) is 0 Å². The zero-order valence-electron chi connectivity index (χ0n) is 10.7. The van der Waals surface area contributed by atoms with Crippen LogP contribution in [0.25, 0.3) is 0 Å². The standard InChI is InChI=1S/C15H13BrCl2O2/c1-9(19)11-7-10(16)5-6-15(11)20-8-12-13(17)3-2-4-14(12)18/h2-7,9,19H,8H2,1H3/t9-/m0/s1. The Kier molecular flexibility index (Phi) is 5.33. The molecule has 0 heterocycles. The third-order valence-corrected chi connectivity index (χ3v) is 4.06. The molecule has 0 aliphatic heterocycles. The summed E-state index contributed by atoms with van der Waals surface area (Å²) in [7, 11) is 0. The van der Waals surface area contributed by atoms with Gasteiger partial charge in [-0.25, -0.2) is 0 Å². The molecule has 0 unspecified atom stereocenters. The first kappa shape index (κ1) is 15.6. The van der Waals surface area contributed by atoms with E-state index in [0.717, 1.165) is 10.0 Å². The Morgan fingerprint density at radius 2 is 1.85 bits per heavy atom. The molecule has 0 saturated heterocycles. The van der Waals surface area contributed by atoms with Crippen LogP contribution in [0.15, 0.2) is 40.9 Å². The van der Waals surface area contributed by atoms with Crippen LogP contribution in [-0.4, -0.2) is 5.11 Å². The molecular weight excluding hydrogens is 363 g/mol. The maximum Gasteiger partial charge on any atom is 0.125 e. The molecule has 1 N–H and O–H groups in total. The lowest BCUT2D eigenvalue weighted by Gasteiger charge is -2.15. The van der Waals surface area contributed by atoms with Gasteiger partial charge < -0.3 is 9.84 Å². The first-order chi connectivity index (χ1) is 9.49. The highest BCUT2D eigenvalue weighted by Gasteiger charge is 2.12. The van der Waals surface area contributed by atoms with E-state index in [9.17, 15) is 5.11 Å². The summed E-state index contributed by atoms with van der Waals surface area (Å²) in [6.07, 6.45) is -0.621. The average Bonchev–Trinajstić information content (AvgIpc) is 2.39. The van der Waals surface area contributed by atoms with E-state index in [0.29, 0.717) is 21.4 Å². The van der Waals surface area contributed by atoms with Gasteiger partial charge in [-0.15, -0.1) is 0 Å². The van der Waals surface area contributed by atoms with Crippen LogP contribution in [0.4, 0.5) is 0 Å². The number of hydrogen-bond donors (Lipinski definition) is 1. The van der Waals surface area contributed by atoms with Crippen LogP contribution in [0.3, 0.4) is 0 Å². The first-order valence-electron chi connectivity index (χ1n) is 6.02. The summed E-state index contributed by atoms with van der Waals surface area (Å²) in [5.41, 5.74) is 1.44. The molecule has 5 heteroatoms. The van der Waals surface area contributed by atoms with Gasteiger partial charge in [0.25, 0.3) is 0 Å². The van der Waals surface area contributed by atoms with E-state index in [2.05, 4.69) is 15.9 Å². The third-order valence-electron chi connectivity index (χ3n) is 2.86. The largest absolute Gasteiger partial charge is 0.488 e. The fourth-order valence-corrected chi connectivity index (χ4v) is 2.68. The van der Waals surface area contributed by atoms with Crippen molar-refractivity contribution in [3.8, 4) is 5.75 Å². The minimum atomic E-state index is -0.621. The van der Waals surface area contributed by atoms with Gasteiger partial charge in [-0.1, -0.05) is 45.2 Å². The highest BCUT2D eigenvalue weighted by Crippen LogP contribution is 2.31. The monoisotopic (exact) mass is 374 g/mol. The van der Waals surface area contributed by atoms with Gasteiger partial charge in [-0.05, 0) is 37.3 Å². The van der Waals surface area contributed by atoms with Crippen molar-refractivity contribution in [2.75, 3.05) is 0 Å². The molecule has 2 aromatic carbocycles. The second-order valence-electron chi connectivity index (χ2n) is 4.35. The summed E-state index contributed by atoms with van der Waals surface area (Å²) >= 11 is 15.6. The summed E-state index contributed by atoms with van der Waals surface area (Å²) in [5.74, 6) is 0.610. The zero-order valence-corrected chi connectivity index (χ0v) is 13.8. The molecule has 0 saturated carbocycles. The molecule has 0 aromatic heterocycles. The number of aliphatic hydroxyl groups is 1. The molecule has 0 spiro atoms. The van der Waals surface area contributed by atoms with E-state index in [4.69, 9.17) is 27.9 Å². The number of hydrogen-bond acceptors (Lipinski definition) is 2. The van der Waals surface area contributed by atoms with Gasteiger partial charge in [0, 0.05) is 25.6 Å². The molecule has 106 valence electrons. The van der Waals surface area contributed by atoms with Crippen molar-refractivity contribution in [3.05, 3.63) is 62.0 Å². The van der Waals surface area contributed by atoms with Crippen molar-refractivity contribution in [1.29, 1.82) is 0 Å². The van der Waals surface area contributed by atoms with Gasteiger partial charge in [-0.3, -0.25) is 0 Å². The van der Waals surface area contributed by atoms with Gasteiger partial charge in [0.15, 0.2) is 0 Å². The van der Waals surface area contributed by atoms with Crippen LogP contribution >= 0.6 is 39.1 Å². The van der Waals surface area contributed by atoms with Gasteiger partial charge >= 0.3 is 0 Å². The predicted octanol–water partition coefficient (Wildman–Crippen LogP) is 5.39. The lowest BCUT2D eigenvalue weighted by Crippen LogP contribution is -2.02. The van der Waals surface area contributed by atoms with E-state index in [1.54, 1.807) is 31.2 Å². The summed E-state index contributed by atoms with van der Waals surface area (Å²) < 4.78 is 6.64. The quantitative estimate of drug-likeness (QED) is 0.776. The topological polar surface area (TPSA) is 29.5 Å². The van der Waals surface area contributed by atoms with E-state index in [-0.39, 0.29) is 6.61 Å². The van der Waals surface area contributed by atoms with Crippen molar-refractivity contribution in [2.24, 2.45) is 0 Å². The number of aliphatic hydroxyl groups excluding tert-OH is 1. The Hall–Kier alpha value is -0.740. The molecule has 0 bridgehead atoms. The Bertz CT molecular complexity index is 595. The van der Waals surface area contributed by atoms with Gasteiger partial charge in [0.1, 0.15) is 12.4 Å². The van der Waals surface area contributed by atoms with E-state index >= 15 is 0 Å². The van der Waals surface area contributed by atoms with Crippen LogP contribution < -0.4 is 4.74 Å². The minimum Gasteiger partial charge on any atom is -0.488 e. The van der Waals surface area contributed by atoms with Gasteiger partial charge in [-0.2, -0.15) is 0 Å². The summed E-state index contributed by atoms with van der Waals surface area (Å²) in [6.45, 7) is 1.94. The fourth-order valence-electron chi connectivity index (χ4n) is 1.80. The van der Waals surface area contributed by atoms with Crippen molar-refractivity contribution in [2.45, 2.75) is 19.6 Å². The summed E-state index contributed by atoms with van der Waals surface area (Å²) in [4.78, 5) is 0. The number of benzene rings is 2. The van der Waals surface area contributed by atoms with Crippen LogP contribution in [0.5, 0.6) is 5.75 Å². The second-order valence-corrected chi connectivity index (χ2v) is 6.08. The van der Waals surface area contributed by atoms with Crippen molar-refractivity contribution < 1.29 is 9.84 Å². The molecular formula is C15H13BrCl2O2. The molecule has 2 rings (SSSR count). The molecule has 2 aromatic rings. The van der Waals surface area contributed by atoms with Crippen LogP contribution in [0.2, 0.25) is 10.0 Å². The van der Waals surface area contributed by atoms with E-state index in [1.165, 1.54) is 0 Å². The van der Waals surface area contributed by atoms with Crippen molar-refractivity contribution >= 4 is 39.1 Å². The van der Waals surface area contributed by atoms with E-state index < -0.39 is 6.10 Å². The number of halogens is 3. The summed E-state index contributed by atoms with van der Waals surface area (Å²) in [5, 5.41) is 10.9. The maximum absolute atomic E-state index is 9.78. The Morgan fingerprint density at radius 3 is 2.45 bits per heavy atom. The molecule has 0 aliphatic rings. The summed E-state index contributed by atoms with van der Waals surface area (Å²) in [6, 6.07) is 10.8. The lowest BCUT2D eigenvalue weighted by molar-refractivity contribution is 0.190. The Balaban J connectivity index is 2.23. The van der Waals surface area contributed by atoms with Crippen LogP contribution in [0, 0.1) is 0 Å². The highest BCUT2D eigenvalue weighted by molar-refractivity contribution is 9.10. The second kappa shape index (κ2) is 6.81. The highest BCUT2D eigenvalue weighted by atomic mass is 79.9. The molecule has 1 atom stereocenters. The predicted molar refractivity (Wildman–Crippen MR) is 85.6 cm³/mol. The normalized spacial score (nSPS) is 12.2. The smallest absolute Gasteiger partial charge is 0.125 e. The Morgan fingerprint density at radius 1 is 1.20 bits per heavy atom. The van der Waals surface area contributed by atoms with E-state index in [1.807, 2.05) is 12.1 Å². The van der Waals surface area contributed by atoms with Crippen molar-refractivity contribution in [3.63, 3.8) is 0 Å². The van der Waals surface area contributed by atoms with Crippen LogP contribution in [0.1, 0.15) is 24.2 Å². The van der Waals surface area contributed by atoms with Gasteiger partial charge in [0.2, 0.25) is 0 Å². The van der Waals surface area contributed by atoms with Gasteiger partial charge in [0.05, 0.1) is 6.10 Å². The number of rotatable bonds is 4. The molecule has 0 fully saturated rings. The Labute approximate surface area is 136 Å². The maximum atomic E-state index is 9.78. The average molecular weight is 376 g/mol. The zero-order chi connectivity index (χ0) is 14.7.